The molecule has 0 radical (unpaired) electrons. The highest BCUT2D eigenvalue weighted by atomic mass is 127. The number of hydrogen-bond acceptors (Lipinski definition) is 2. The summed E-state index contributed by atoms with van der Waals surface area (Å²) in [6, 6.07) is 16.3. The number of ether oxygens (including phenoxy) is 1. The molecular formula is C15H16INO. The molecule has 18 heavy (non-hydrogen) atoms. The highest BCUT2D eigenvalue weighted by molar-refractivity contribution is 14.1. The summed E-state index contributed by atoms with van der Waals surface area (Å²) in [6.07, 6.45) is -0.0944. The van der Waals surface area contributed by atoms with Crippen molar-refractivity contribution in [1.82, 2.24) is 0 Å². The van der Waals surface area contributed by atoms with Crippen LogP contribution in [0.5, 0.6) is 5.75 Å². The van der Waals surface area contributed by atoms with E-state index in [1.54, 1.807) is 0 Å². The van der Waals surface area contributed by atoms with E-state index in [9.17, 15) is 0 Å². The maximum Gasteiger partial charge on any atom is 0.136 e. The van der Waals surface area contributed by atoms with Crippen LogP contribution in [-0.2, 0) is 0 Å². The monoisotopic (exact) mass is 353 g/mol. The Morgan fingerprint density at radius 2 is 1.94 bits per heavy atom. The molecule has 0 fully saturated rings. The minimum Gasteiger partial charge on any atom is -0.484 e. The first-order valence-electron chi connectivity index (χ1n) is 5.88. The summed E-state index contributed by atoms with van der Waals surface area (Å²) in [5.41, 5.74) is 8.16. The molecule has 0 spiro atoms. The van der Waals surface area contributed by atoms with Gasteiger partial charge < -0.3 is 10.5 Å². The van der Waals surface area contributed by atoms with Crippen LogP contribution < -0.4 is 10.5 Å². The van der Waals surface area contributed by atoms with Gasteiger partial charge in [-0.25, -0.2) is 0 Å². The molecule has 2 aromatic carbocycles. The second-order valence-electron chi connectivity index (χ2n) is 4.21. The van der Waals surface area contributed by atoms with Crippen LogP contribution in [0, 0.1) is 10.5 Å². The largest absolute Gasteiger partial charge is 0.484 e. The van der Waals surface area contributed by atoms with E-state index in [4.69, 9.17) is 10.5 Å². The summed E-state index contributed by atoms with van der Waals surface area (Å²) in [6.45, 7) is 2.54. The van der Waals surface area contributed by atoms with Gasteiger partial charge in [0, 0.05) is 10.1 Å². The van der Waals surface area contributed by atoms with Crippen molar-refractivity contribution in [3.63, 3.8) is 0 Å². The van der Waals surface area contributed by atoms with Crippen molar-refractivity contribution in [2.45, 2.75) is 13.0 Å². The average Bonchev–Trinajstić information content (AvgIpc) is 2.36. The summed E-state index contributed by atoms with van der Waals surface area (Å²) in [7, 11) is 0. The van der Waals surface area contributed by atoms with Crippen molar-refractivity contribution in [3.8, 4) is 5.75 Å². The van der Waals surface area contributed by atoms with Crippen molar-refractivity contribution in [2.75, 3.05) is 6.54 Å². The fraction of sp³-hybridized carbons (Fsp3) is 0.200. The smallest absolute Gasteiger partial charge is 0.136 e. The van der Waals surface area contributed by atoms with Gasteiger partial charge in [-0.05, 0) is 53.3 Å². The lowest BCUT2D eigenvalue weighted by Crippen LogP contribution is -2.18. The maximum atomic E-state index is 5.96. The zero-order chi connectivity index (χ0) is 13.0. The molecule has 0 heterocycles. The van der Waals surface area contributed by atoms with Crippen LogP contribution in [-0.4, -0.2) is 6.54 Å². The minimum absolute atomic E-state index is 0.0944. The summed E-state index contributed by atoms with van der Waals surface area (Å²) in [4.78, 5) is 0. The van der Waals surface area contributed by atoms with E-state index < -0.39 is 0 Å². The van der Waals surface area contributed by atoms with Crippen LogP contribution in [0.15, 0.2) is 48.5 Å². The Balaban J connectivity index is 2.19. The SMILES string of the molecule is Cc1cccc(C(CN)Oc2cccc(I)c2)c1. The zero-order valence-electron chi connectivity index (χ0n) is 10.3. The molecule has 2 nitrogen and oxygen atoms in total. The van der Waals surface area contributed by atoms with E-state index in [-0.39, 0.29) is 6.10 Å². The highest BCUT2D eigenvalue weighted by Crippen LogP contribution is 2.23. The van der Waals surface area contributed by atoms with E-state index >= 15 is 0 Å². The molecule has 0 aliphatic carbocycles. The lowest BCUT2D eigenvalue weighted by molar-refractivity contribution is 0.214. The second kappa shape index (κ2) is 6.20. The summed E-state index contributed by atoms with van der Waals surface area (Å²) < 4.78 is 7.11. The van der Waals surface area contributed by atoms with Gasteiger partial charge in [-0.15, -0.1) is 0 Å². The van der Waals surface area contributed by atoms with Crippen LogP contribution >= 0.6 is 22.6 Å². The molecule has 2 N–H and O–H groups in total. The van der Waals surface area contributed by atoms with Crippen molar-refractivity contribution in [2.24, 2.45) is 5.73 Å². The molecule has 0 saturated heterocycles. The second-order valence-corrected chi connectivity index (χ2v) is 5.46. The molecule has 0 amide bonds. The predicted molar refractivity (Wildman–Crippen MR) is 82.8 cm³/mol. The third kappa shape index (κ3) is 3.46. The molecule has 0 aliphatic heterocycles. The summed E-state index contributed by atoms with van der Waals surface area (Å²) >= 11 is 2.27. The van der Waals surface area contributed by atoms with Crippen molar-refractivity contribution >= 4 is 22.6 Å². The Morgan fingerprint density at radius 3 is 2.61 bits per heavy atom. The number of nitrogens with two attached hydrogens (primary N) is 1. The Bertz CT molecular complexity index is 527. The number of aryl methyl sites for hydroxylation is 1. The van der Waals surface area contributed by atoms with Crippen molar-refractivity contribution in [3.05, 3.63) is 63.2 Å². The van der Waals surface area contributed by atoms with E-state index in [1.807, 2.05) is 30.3 Å². The topological polar surface area (TPSA) is 35.2 Å². The molecular weight excluding hydrogens is 337 g/mol. The Labute approximate surface area is 121 Å². The van der Waals surface area contributed by atoms with Crippen LogP contribution in [0.3, 0.4) is 0 Å². The lowest BCUT2D eigenvalue weighted by atomic mass is 10.1. The Kier molecular flexibility index (Phi) is 4.60. The van der Waals surface area contributed by atoms with Gasteiger partial charge >= 0.3 is 0 Å². The first-order valence-corrected chi connectivity index (χ1v) is 6.96. The molecule has 1 atom stereocenters. The fourth-order valence-corrected chi connectivity index (χ4v) is 2.34. The Hall–Kier alpha value is -1.07. The van der Waals surface area contributed by atoms with Gasteiger partial charge in [0.2, 0.25) is 0 Å². The normalized spacial score (nSPS) is 12.2. The lowest BCUT2D eigenvalue weighted by Gasteiger charge is -2.18. The van der Waals surface area contributed by atoms with E-state index in [0.717, 1.165) is 14.9 Å². The van der Waals surface area contributed by atoms with E-state index in [1.165, 1.54) is 5.56 Å². The first-order chi connectivity index (χ1) is 8.69. The molecule has 2 rings (SSSR count). The van der Waals surface area contributed by atoms with Gasteiger partial charge in [0.1, 0.15) is 11.9 Å². The fourth-order valence-electron chi connectivity index (χ4n) is 1.83. The molecule has 3 heteroatoms. The molecule has 0 saturated carbocycles. The third-order valence-corrected chi connectivity index (χ3v) is 3.37. The third-order valence-electron chi connectivity index (χ3n) is 2.70. The zero-order valence-corrected chi connectivity index (χ0v) is 12.4. The van der Waals surface area contributed by atoms with Gasteiger partial charge in [-0.3, -0.25) is 0 Å². The number of halogens is 1. The van der Waals surface area contributed by atoms with Gasteiger partial charge in [0.05, 0.1) is 0 Å². The number of rotatable bonds is 4. The predicted octanol–water partition coefficient (Wildman–Crippen LogP) is 3.68. The standard InChI is InChI=1S/C15H16INO/c1-11-4-2-5-12(8-11)15(10-17)18-14-7-3-6-13(16)9-14/h2-9,15H,10,17H2,1H3. The molecule has 1 unspecified atom stereocenters. The summed E-state index contributed by atoms with van der Waals surface area (Å²) in [5, 5.41) is 0. The maximum absolute atomic E-state index is 5.96. The van der Waals surface area contributed by atoms with Crippen LogP contribution in [0.25, 0.3) is 0 Å². The van der Waals surface area contributed by atoms with Gasteiger partial charge in [0.15, 0.2) is 0 Å². The average molecular weight is 353 g/mol. The van der Waals surface area contributed by atoms with Gasteiger partial charge in [-0.2, -0.15) is 0 Å². The highest BCUT2D eigenvalue weighted by Gasteiger charge is 2.11. The Morgan fingerprint density at radius 1 is 1.17 bits per heavy atom. The molecule has 0 bridgehead atoms. The van der Waals surface area contributed by atoms with Crippen LogP contribution in [0.1, 0.15) is 17.2 Å². The number of hydrogen-bond donors (Lipinski definition) is 1. The van der Waals surface area contributed by atoms with Gasteiger partial charge in [-0.1, -0.05) is 35.9 Å². The quantitative estimate of drug-likeness (QED) is 0.852. The van der Waals surface area contributed by atoms with Crippen molar-refractivity contribution < 1.29 is 4.74 Å². The molecule has 0 aliphatic rings. The van der Waals surface area contributed by atoms with Crippen LogP contribution in [0.4, 0.5) is 0 Å². The molecule has 0 aromatic heterocycles. The minimum atomic E-state index is -0.0944. The van der Waals surface area contributed by atoms with E-state index in [2.05, 4.69) is 47.7 Å². The molecule has 2 aromatic rings. The van der Waals surface area contributed by atoms with Crippen molar-refractivity contribution in [1.29, 1.82) is 0 Å². The van der Waals surface area contributed by atoms with E-state index in [0.29, 0.717) is 6.54 Å². The van der Waals surface area contributed by atoms with Crippen LogP contribution in [0.2, 0.25) is 0 Å². The number of benzene rings is 2. The first kappa shape index (κ1) is 13.4. The molecule has 94 valence electrons. The summed E-state index contributed by atoms with van der Waals surface area (Å²) in [5.74, 6) is 0.860. The van der Waals surface area contributed by atoms with Gasteiger partial charge in [0.25, 0.3) is 0 Å².